The van der Waals surface area contributed by atoms with Gasteiger partial charge >= 0.3 is 0 Å². The first-order valence-corrected chi connectivity index (χ1v) is 7.28. The van der Waals surface area contributed by atoms with Crippen LogP contribution in [0.4, 0.5) is 0 Å². The number of hydrogen-bond donors (Lipinski definition) is 1. The average Bonchev–Trinajstić information content (AvgIpc) is 2.96. The summed E-state index contributed by atoms with van der Waals surface area (Å²) in [6.07, 6.45) is 8.53. The lowest BCUT2D eigenvalue weighted by molar-refractivity contribution is 0.129. The minimum Gasteiger partial charge on any atom is -0.311 e. The highest BCUT2D eigenvalue weighted by molar-refractivity contribution is 4.97. The second-order valence-electron chi connectivity index (χ2n) is 7.04. The third-order valence-corrected chi connectivity index (χ3v) is 4.75. The summed E-state index contributed by atoms with van der Waals surface area (Å²) in [7, 11) is 0. The molecule has 1 N–H and O–H groups in total. The van der Waals surface area contributed by atoms with Gasteiger partial charge in [0.15, 0.2) is 0 Å². The van der Waals surface area contributed by atoms with Crippen LogP contribution in [0.2, 0.25) is 0 Å². The Kier molecular flexibility index (Phi) is 3.63. The van der Waals surface area contributed by atoms with Gasteiger partial charge in [-0.1, -0.05) is 47.0 Å². The van der Waals surface area contributed by atoms with Crippen LogP contribution in [-0.2, 0) is 0 Å². The summed E-state index contributed by atoms with van der Waals surface area (Å²) in [6, 6.07) is 1.66. The Balaban J connectivity index is 1.90. The van der Waals surface area contributed by atoms with E-state index >= 15 is 0 Å². The molecule has 1 nitrogen and oxygen atoms in total. The third kappa shape index (κ3) is 2.80. The van der Waals surface area contributed by atoms with Crippen LogP contribution in [-0.4, -0.2) is 12.1 Å². The van der Waals surface area contributed by atoms with Crippen molar-refractivity contribution in [1.82, 2.24) is 5.32 Å². The monoisotopic (exact) mass is 223 g/mol. The first-order chi connectivity index (χ1) is 7.52. The highest BCUT2D eigenvalue weighted by Gasteiger charge is 2.41. The van der Waals surface area contributed by atoms with Crippen molar-refractivity contribution >= 4 is 0 Å². The molecule has 0 spiro atoms. The second-order valence-corrected chi connectivity index (χ2v) is 7.04. The largest absolute Gasteiger partial charge is 0.311 e. The minimum atomic E-state index is 0.481. The molecule has 0 aromatic rings. The molecular formula is C15H29N. The Bertz CT molecular complexity index is 228. The van der Waals surface area contributed by atoms with Gasteiger partial charge in [-0.25, -0.2) is 0 Å². The van der Waals surface area contributed by atoms with Crippen molar-refractivity contribution in [2.75, 3.05) is 0 Å². The maximum absolute atomic E-state index is 3.95. The quantitative estimate of drug-likeness (QED) is 0.763. The first-order valence-electron chi connectivity index (χ1n) is 7.28. The normalized spacial score (nSPS) is 39.8. The van der Waals surface area contributed by atoms with E-state index in [2.05, 4.69) is 33.0 Å². The summed E-state index contributed by atoms with van der Waals surface area (Å²) in [4.78, 5) is 0. The predicted octanol–water partition coefficient (Wildman–Crippen LogP) is 3.98. The minimum absolute atomic E-state index is 0.481. The lowest BCUT2D eigenvalue weighted by Crippen LogP contribution is -2.45. The van der Waals surface area contributed by atoms with Crippen LogP contribution < -0.4 is 5.32 Å². The van der Waals surface area contributed by atoms with Gasteiger partial charge in [0.1, 0.15) is 0 Å². The molecule has 2 aliphatic rings. The summed E-state index contributed by atoms with van der Waals surface area (Å²) in [6.45, 7) is 9.58. The molecule has 16 heavy (non-hydrogen) atoms. The van der Waals surface area contributed by atoms with Gasteiger partial charge in [0.2, 0.25) is 0 Å². The van der Waals surface area contributed by atoms with Crippen LogP contribution in [0.1, 0.15) is 66.2 Å². The van der Waals surface area contributed by atoms with Crippen molar-refractivity contribution in [1.29, 1.82) is 0 Å². The molecule has 0 heterocycles. The Hall–Kier alpha value is -0.0400. The van der Waals surface area contributed by atoms with Crippen molar-refractivity contribution < 1.29 is 0 Å². The zero-order chi connectivity index (χ0) is 11.8. The van der Waals surface area contributed by atoms with Gasteiger partial charge in [-0.15, -0.1) is 0 Å². The molecule has 1 heteroatoms. The number of hydrogen-bond acceptors (Lipinski definition) is 1. The molecule has 4 atom stereocenters. The van der Waals surface area contributed by atoms with Crippen molar-refractivity contribution in [3.63, 3.8) is 0 Å². The summed E-state index contributed by atoms with van der Waals surface area (Å²) in [5.74, 6) is 1.88. The van der Waals surface area contributed by atoms with Crippen LogP contribution in [0, 0.1) is 17.3 Å². The van der Waals surface area contributed by atoms with Gasteiger partial charge in [0, 0.05) is 12.1 Å². The summed E-state index contributed by atoms with van der Waals surface area (Å²) in [5, 5.41) is 3.95. The van der Waals surface area contributed by atoms with Crippen molar-refractivity contribution in [3.05, 3.63) is 0 Å². The van der Waals surface area contributed by atoms with E-state index in [9.17, 15) is 0 Å². The molecule has 94 valence electrons. The van der Waals surface area contributed by atoms with Crippen LogP contribution in [0.25, 0.3) is 0 Å². The van der Waals surface area contributed by atoms with Crippen LogP contribution in [0.3, 0.4) is 0 Å². The van der Waals surface area contributed by atoms with E-state index in [4.69, 9.17) is 0 Å². The SMILES string of the molecule is CCC1CC1NC1CCCCC1C(C)(C)C. The standard InChI is InChI=1S/C15H29N/c1-5-11-10-14(11)16-13-9-7-6-8-12(13)15(2,3)4/h11-14,16H,5-10H2,1-4H3. The molecule has 2 saturated carbocycles. The third-order valence-electron chi connectivity index (χ3n) is 4.75. The van der Waals surface area contributed by atoms with E-state index in [1.165, 1.54) is 38.5 Å². The molecule has 0 bridgehead atoms. The Labute approximate surface area is 101 Å². The Morgan fingerprint density at radius 2 is 1.75 bits per heavy atom. The molecule has 4 unspecified atom stereocenters. The van der Waals surface area contributed by atoms with E-state index in [0.29, 0.717) is 5.41 Å². The molecule has 2 aliphatic carbocycles. The molecule has 2 rings (SSSR count). The Morgan fingerprint density at radius 1 is 1.06 bits per heavy atom. The highest BCUT2D eigenvalue weighted by Crippen LogP contribution is 2.41. The van der Waals surface area contributed by atoms with Crippen molar-refractivity contribution in [3.8, 4) is 0 Å². The first kappa shape index (κ1) is 12.4. The van der Waals surface area contributed by atoms with Gasteiger partial charge in [-0.2, -0.15) is 0 Å². The van der Waals surface area contributed by atoms with E-state index in [0.717, 1.165) is 23.9 Å². The topological polar surface area (TPSA) is 12.0 Å². The fraction of sp³-hybridized carbons (Fsp3) is 1.00. The molecule has 2 fully saturated rings. The molecule has 0 aliphatic heterocycles. The molecule has 0 radical (unpaired) electrons. The molecule has 0 saturated heterocycles. The van der Waals surface area contributed by atoms with E-state index < -0.39 is 0 Å². The van der Waals surface area contributed by atoms with Gasteiger partial charge in [-0.3, -0.25) is 0 Å². The highest BCUT2D eigenvalue weighted by atomic mass is 15.0. The average molecular weight is 223 g/mol. The smallest absolute Gasteiger partial charge is 0.0103 e. The van der Waals surface area contributed by atoms with Gasteiger partial charge in [0.05, 0.1) is 0 Å². The second kappa shape index (κ2) is 4.68. The van der Waals surface area contributed by atoms with Crippen molar-refractivity contribution in [2.24, 2.45) is 17.3 Å². The van der Waals surface area contributed by atoms with Gasteiger partial charge < -0.3 is 5.32 Å². The van der Waals surface area contributed by atoms with Crippen molar-refractivity contribution in [2.45, 2.75) is 78.3 Å². The van der Waals surface area contributed by atoms with Crippen LogP contribution >= 0.6 is 0 Å². The van der Waals surface area contributed by atoms with Crippen LogP contribution in [0.5, 0.6) is 0 Å². The summed E-state index contributed by atoms with van der Waals surface area (Å²) < 4.78 is 0. The zero-order valence-electron chi connectivity index (χ0n) is 11.6. The zero-order valence-corrected chi connectivity index (χ0v) is 11.6. The maximum Gasteiger partial charge on any atom is 0.0103 e. The Morgan fingerprint density at radius 3 is 2.31 bits per heavy atom. The maximum atomic E-state index is 3.95. The fourth-order valence-corrected chi connectivity index (χ4v) is 3.54. The number of nitrogens with one attached hydrogen (secondary N) is 1. The van der Waals surface area contributed by atoms with E-state index in [1.807, 2.05) is 0 Å². The molecule has 0 amide bonds. The van der Waals surface area contributed by atoms with E-state index in [-0.39, 0.29) is 0 Å². The molecular weight excluding hydrogens is 194 g/mol. The van der Waals surface area contributed by atoms with Gasteiger partial charge in [-0.05, 0) is 36.5 Å². The lowest BCUT2D eigenvalue weighted by Gasteiger charge is -2.41. The summed E-state index contributed by atoms with van der Waals surface area (Å²) >= 11 is 0. The van der Waals surface area contributed by atoms with Crippen LogP contribution in [0.15, 0.2) is 0 Å². The number of rotatable bonds is 3. The van der Waals surface area contributed by atoms with Gasteiger partial charge in [0.25, 0.3) is 0 Å². The lowest BCUT2D eigenvalue weighted by atomic mass is 9.69. The molecule has 0 aromatic heterocycles. The summed E-state index contributed by atoms with van der Waals surface area (Å²) in [5.41, 5.74) is 0.481. The van der Waals surface area contributed by atoms with E-state index in [1.54, 1.807) is 0 Å². The predicted molar refractivity (Wildman–Crippen MR) is 70.5 cm³/mol. The fourth-order valence-electron chi connectivity index (χ4n) is 3.54. The molecule has 0 aromatic carbocycles.